The minimum Gasteiger partial charge on any atom is -0.319 e. The fraction of sp³-hybridized carbons (Fsp3) is 0.111. The summed E-state index contributed by atoms with van der Waals surface area (Å²) in [5.74, 6) is 0. The van der Waals surface area contributed by atoms with Crippen molar-refractivity contribution in [3.8, 4) is 33.4 Å². The molecule has 2 unspecified atom stereocenters. The lowest BCUT2D eigenvalue weighted by atomic mass is 9.89. The van der Waals surface area contributed by atoms with Gasteiger partial charge in [0.15, 0.2) is 0 Å². The SMILES string of the molecule is CP(C)(=O)c1cccc(-c2cccc(C(N)NC(NCCc3ccccc3)c3ccc(-c4ccc(-c5c6ccccc6cc6c5ccc5ccccc56)cc4)cc3)c2)c1. The summed E-state index contributed by atoms with van der Waals surface area (Å²) in [5, 5.41) is 15.9. The molecule has 0 aliphatic rings. The molecule has 0 saturated carbocycles. The van der Waals surface area contributed by atoms with E-state index in [0.717, 1.165) is 51.7 Å². The van der Waals surface area contributed by atoms with Gasteiger partial charge in [0.25, 0.3) is 0 Å². The topological polar surface area (TPSA) is 67.2 Å². The highest BCUT2D eigenvalue weighted by molar-refractivity contribution is 7.70. The second-order valence-corrected chi connectivity index (χ2v) is 19.1. The van der Waals surface area contributed by atoms with Gasteiger partial charge in [-0.1, -0.05) is 176 Å². The Morgan fingerprint density at radius 2 is 1.12 bits per heavy atom. The van der Waals surface area contributed by atoms with E-state index in [1.165, 1.54) is 49.0 Å². The van der Waals surface area contributed by atoms with Crippen LogP contribution >= 0.6 is 7.14 Å². The molecule has 4 N–H and O–H groups in total. The molecule has 0 aromatic heterocycles. The van der Waals surface area contributed by atoms with Gasteiger partial charge in [0.2, 0.25) is 0 Å². The molecule has 0 aliphatic carbocycles. The first-order chi connectivity index (χ1) is 28.8. The number of benzene rings is 9. The highest BCUT2D eigenvalue weighted by Crippen LogP contribution is 2.40. The molecular weight excluding hydrogens is 738 g/mol. The molecular formula is C54H48N3OP. The maximum Gasteiger partial charge on any atom is 0.109 e. The van der Waals surface area contributed by atoms with E-state index in [-0.39, 0.29) is 6.17 Å². The zero-order chi connectivity index (χ0) is 40.3. The summed E-state index contributed by atoms with van der Waals surface area (Å²) < 4.78 is 12.9. The molecule has 290 valence electrons. The molecule has 9 rings (SSSR count). The van der Waals surface area contributed by atoms with Gasteiger partial charge in [-0.25, -0.2) is 0 Å². The largest absolute Gasteiger partial charge is 0.319 e. The van der Waals surface area contributed by atoms with E-state index in [0.29, 0.717) is 0 Å². The quantitative estimate of drug-likeness (QED) is 0.0499. The lowest BCUT2D eigenvalue weighted by Gasteiger charge is -2.26. The van der Waals surface area contributed by atoms with Crippen LogP contribution in [0.5, 0.6) is 0 Å². The summed E-state index contributed by atoms with van der Waals surface area (Å²) in [6.45, 7) is 4.40. The van der Waals surface area contributed by atoms with Crippen molar-refractivity contribution in [1.82, 2.24) is 10.6 Å². The average Bonchev–Trinajstić information content (AvgIpc) is 3.28. The fourth-order valence-corrected chi connectivity index (χ4v) is 9.21. The smallest absolute Gasteiger partial charge is 0.109 e. The van der Waals surface area contributed by atoms with Gasteiger partial charge in [-0.3, -0.25) is 10.6 Å². The van der Waals surface area contributed by atoms with Gasteiger partial charge in [-0.15, -0.1) is 0 Å². The Labute approximate surface area is 347 Å². The molecule has 0 spiro atoms. The lowest BCUT2D eigenvalue weighted by molar-refractivity contribution is 0.389. The van der Waals surface area contributed by atoms with Gasteiger partial charge in [0.05, 0.1) is 12.3 Å². The van der Waals surface area contributed by atoms with Gasteiger partial charge in [0, 0.05) is 11.8 Å². The first-order valence-corrected chi connectivity index (χ1v) is 23.0. The molecule has 0 heterocycles. The number of hydrogen-bond acceptors (Lipinski definition) is 4. The average molecular weight is 786 g/mol. The van der Waals surface area contributed by atoms with Crippen LogP contribution in [-0.2, 0) is 11.0 Å². The zero-order valence-corrected chi connectivity index (χ0v) is 34.4. The second-order valence-electron chi connectivity index (χ2n) is 15.8. The number of rotatable bonds is 12. The van der Waals surface area contributed by atoms with Crippen molar-refractivity contribution in [2.24, 2.45) is 5.73 Å². The molecule has 5 heteroatoms. The van der Waals surface area contributed by atoms with E-state index in [4.69, 9.17) is 5.73 Å². The third kappa shape index (κ3) is 8.27. The van der Waals surface area contributed by atoms with Crippen molar-refractivity contribution in [2.45, 2.75) is 18.8 Å². The van der Waals surface area contributed by atoms with E-state index in [2.05, 4.69) is 180 Å². The van der Waals surface area contributed by atoms with E-state index in [1.807, 2.05) is 37.6 Å². The second kappa shape index (κ2) is 16.6. The third-order valence-electron chi connectivity index (χ3n) is 11.5. The minimum atomic E-state index is -2.39. The van der Waals surface area contributed by atoms with E-state index in [1.54, 1.807) is 0 Å². The van der Waals surface area contributed by atoms with Crippen LogP contribution in [0.3, 0.4) is 0 Å². The van der Waals surface area contributed by atoms with Gasteiger partial charge in [0.1, 0.15) is 7.14 Å². The van der Waals surface area contributed by atoms with E-state index < -0.39 is 13.3 Å². The van der Waals surface area contributed by atoms with Crippen LogP contribution in [0.2, 0.25) is 0 Å². The van der Waals surface area contributed by atoms with Gasteiger partial charge in [-0.2, -0.15) is 0 Å². The summed E-state index contributed by atoms with van der Waals surface area (Å²) in [4.78, 5) is 0. The molecule has 0 saturated heterocycles. The summed E-state index contributed by atoms with van der Waals surface area (Å²) in [6.07, 6.45) is 0.260. The zero-order valence-electron chi connectivity index (χ0n) is 33.5. The monoisotopic (exact) mass is 785 g/mol. The van der Waals surface area contributed by atoms with Gasteiger partial charge < -0.3 is 10.3 Å². The standard InChI is InChI=1S/C54H48N3OP/c1-59(2,58)47-19-11-17-44(35-47)43-16-10-18-46(34-43)53(55)57-54(56-33-32-37-12-4-3-5-13-37)42-28-24-39(25-29-42)38-22-26-41(27-23-38)52-49-21-9-7-15-45(49)36-51-48-20-8-6-14-40(48)30-31-50(51)52/h3-31,34-36,53-54,56-57H,32-33,55H2,1-2H3. The van der Waals surface area contributed by atoms with E-state index in [9.17, 15) is 4.57 Å². The summed E-state index contributed by atoms with van der Waals surface area (Å²) >= 11 is 0. The maximum absolute atomic E-state index is 12.9. The maximum atomic E-state index is 12.9. The summed E-state index contributed by atoms with van der Waals surface area (Å²) in [7, 11) is -2.39. The Bertz CT molecular complexity index is 2960. The molecule has 9 aromatic carbocycles. The molecule has 0 radical (unpaired) electrons. The van der Waals surface area contributed by atoms with Crippen molar-refractivity contribution in [3.05, 3.63) is 211 Å². The third-order valence-corrected chi connectivity index (χ3v) is 13.0. The van der Waals surface area contributed by atoms with Gasteiger partial charge in [-0.05, 0) is 120 Å². The van der Waals surface area contributed by atoms with Crippen LogP contribution in [0.4, 0.5) is 0 Å². The molecule has 0 fully saturated rings. The highest BCUT2D eigenvalue weighted by Gasteiger charge is 2.18. The summed E-state index contributed by atoms with van der Waals surface area (Å²) in [5.41, 5.74) is 17.2. The first kappa shape index (κ1) is 38.4. The van der Waals surface area contributed by atoms with Crippen LogP contribution in [0.15, 0.2) is 194 Å². The highest BCUT2D eigenvalue weighted by atomic mass is 31.2. The van der Waals surface area contributed by atoms with Crippen LogP contribution in [0, 0.1) is 0 Å². The normalized spacial score (nSPS) is 12.9. The molecule has 9 aromatic rings. The van der Waals surface area contributed by atoms with E-state index >= 15 is 0 Å². The van der Waals surface area contributed by atoms with Crippen LogP contribution in [0.25, 0.3) is 65.7 Å². The van der Waals surface area contributed by atoms with Crippen LogP contribution < -0.4 is 21.7 Å². The van der Waals surface area contributed by atoms with Crippen molar-refractivity contribution < 1.29 is 4.57 Å². The Morgan fingerprint density at radius 1 is 0.492 bits per heavy atom. The van der Waals surface area contributed by atoms with Gasteiger partial charge >= 0.3 is 0 Å². The van der Waals surface area contributed by atoms with Crippen LogP contribution in [-0.4, -0.2) is 19.9 Å². The molecule has 59 heavy (non-hydrogen) atoms. The predicted octanol–water partition coefficient (Wildman–Crippen LogP) is 12.5. The van der Waals surface area contributed by atoms with Crippen molar-refractivity contribution in [1.29, 1.82) is 0 Å². The molecule has 0 bridgehead atoms. The lowest BCUT2D eigenvalue weighted by Crippen LogP contribution is -2.40. The van der Waals surface area contributed by atoms with Crippen molar-refractivity contribution >= 4 is 44.8 Å². The molecule has 0 aliphatic heterocycles. The van der Waals surface area contributed by atoms with Crippen molar-refractivity contribution in [2.75, 3.05) is 19.9 Å². The molecule has 2 atom stereocenters. The van der Waals surface area contributed by atoms with Crippen LogP contribution in [0.1, 0.15) is 29.0 Å². The first-order valence-electron chi connectivity index (χ1n) is 20.4. The number of nitrogens with two attached hydrogens (primary N) is 1. The number of nitrogens with one attached hydrogen (secondary N) is 2. The Hall–Kier alpha value is -6.13. The molecule has 4 nitrogen and oxygen atoms in total. The predicted molar refractivity (Wildman–Crippen MR) is 252 cm³/mol. The summed E-state index contributed by atoms with van der Waals surface area (Å²) in [6, 6.07) is 68.9. The Balaban J connectivity index is 0.988. The minimum absolute atomic E-state index is 0.195. The Kier molecular flexibility index (Phi) is 10.8. The fourth-order valence-electron chi connectivity index (χ4n) is 8.32. The molecule has 0 amide bonds. The number of fused-ring (bicyclic) bond motifs is 4. The number of hydrogen-bond donors (Lipinski definition) is 3. The Morgan fingerprint density at radius 3 is 1.86 bits per heavy atom. The van der Waals surface area contributed by atoms with Crippen molar-refractivity contribution in [3.63, 3.8) is 0 Å².